The van der Waals surface area contributed by atoms with E-state index in [1.54, 1.807) is 11.8 Å². The summed E-state index contributed by atoms with van der Waals surface area (Å²) in [6.45, 7) is 2.01. The highest BCUT2D eigenvalue weighted by Crippen LogP contribution is 2.29. The Hall–Kier alpha value is -2.76. The monoisotopic (exact) mass is 463 g/mol. The zero-order valence-corrected chi connectivity index (χ0v) is 18.2. The number of thioether (sulfide) groups is 1. The summed E-state index contributed by atoms with van der Waals surface area (Å²) in [4.78, 5) is 27.2. The highest BCUT2D eigenvalue weighted by Gasteiger charge is 2.22. The Morgan fingerprint density at radius 3 is 2.47 bits per heavy atom. The van der Waals surface area contributed by atoms with Gasteiger partial charge in [-0.3, -0.25) is 14.9 Å². The van der Waals surface area contributed by atoms with Crippen molar-refractivity contribution >= 4 is 49.7 Å². The maximum atomic E-state index is 12.7. The van der Waals surface area contributed by atoms with Gasteiger partial charge in [-0.15, -0.1) is 11.8 Å². The fourth-order valence-electron chi connectivity index (χ4n) is 2.38. The van der Waals surface area contributed by atoms with Crippen LogP contribution >= 0.6 is 23.1 Å². The lowest BCUT2D eigenvalue weighted by Gasteiger charge is -2.03. The molecule has 1 amide bonds. The molecule has 30 heavy (non-hydrogen) atoms. The maximum absolute atomic E-state index is 12.7. The first-order valence-corrected chi connectivity index (χ1v) is 12.0. The molecule has 0 aliphatic rings. The smallest absolute Gasteiger partial charge is 0.269 e. The Morgan fingerprint density at radius 1 is 1.17 bits per heavy atom. The van der Waals surface area contributed by atoms with E-state index in [4.69, 9.17) is 0 Å². The number of rotatable bonds is 8. The Morgan fingerprint density at radius 2 is 1.83 bits per heavy atom. The summed E-state index contributed by atoms with van der Waals surface area (Å²) in [5.41, 5.74) is 0.968. The molecule has 0 aliphatic heterocycles. The summed E-state index contributed by atoms with van der Waals surface area (Å²) < 4.78 is 25.2. The molecule has 0 saturated carbocycles. The van der Waals surface area contributed by atoms with E-state index in [0.717, 1.165) is 34.6 Å². The number of carbonyl (C=O) groups excluding carboxylic acids is 1. The van der Waals surface area contributed by atoms with Crippen LogP contribution in [0, 0.1) is 17.0 Å². The zero-order valence-electron chi connectivity index (χ0n) is 15.8. The first-order valence-electron chi connectivity index (χ1n) is 8.70. The van der Waals surface area contributed by atoms with Crippen LogP contribution in [0.25, 0.3) is 0 Å². The summed E-state index contributed by atoms with van der Waals surface area (Å²) in [6.07, 6.45) is 1.42. The van der Waals surface area contributed by atoms with E-state index in [9.17, 15) is 23.3 Å². The molecule has 156 valence electrons. The number of non-ortho nitro benzene ring substituents is 1. The molecule has 0 atom stereocenters. The largest absolute Gasteiger partial charge is 0.302 e. The van der Waals surface area contributed by atoms with Crippen molar-refractivity contribution < 1.29 is 18.1 Å². The number of nitrogens with zero attached hydrogens (tertiary/aromatic N) is 2. The summed E-state index contributed by atoms with van der Waals surface area (Å²) in [7, 11) is -3.87. The van der Waals surface area contributed by atoms with Gasteiger partial charge in [-0.05, 0) is 31.2 Å². The molecule has 0 unspecified atom stereocenters. The molecule has 8 nitrogen and oxygen atoms in total. The van der Waals surface area contributed by atoms with Gasteiger partial charge in [0.2, 0.25) is 15.7 Å². The minimum absolute atomic E-state index is 0.0549. The van der Waals surface area contributed by atoms with E-state index in [2.05, 4.69) is 10.3 Å². The predicted molar refractivity (Wildman–Crippen MR) is 116 cm³/mol. The van der Waals surface area contributed by atoms with Crippen LogP contribution in [0.1, 0.15) is 12.0 Å². The van der Waals surface area contributed by atoms with Crippen LogP contribution in [-0.2, 0) is 14.6 Å². The molecule has 0 bridgehead atoms. The van der Waals surface area contributed by atoms with Crippen molar-refractivity contribution in [2.75, 3.05) is 11.1 Å². The van der Waals surface area contributed by atoms with Crippen LogP contribution in [0.4, 0.5) is 10.8 Å². The van der Waals surface area contributed by atoms with E-state index in [1.807, 2.05) is 31.2 Å². The van der Waals surface area contributed by atoms with Gasteiger partial charge in [-0.1, -0.05) is 29.0 Å². The molecule has 0 fully saturated rings. The van der Waals surface area contributed by atoms with Gasteiger partial charge in [0.15, 0.2) is 5.13 Å². The van der Waals surface area contributed by atoms with Gasteiger partial charge < -0.3 is 5.32 Å². The van der Waals surface area contributed by atoms with Gasteiger partial charge in [0, 0.05) is 29.2 Å². The highest BCUT2D eigenvalue weighted by atomic mass is 32.2. The number of amides is 1. The van der Waals surface area contributed by atoms with E-state index < -0.39 is 14.8 Å². The first-order chi connectivity index (χ1) is 14.3. The molecule has 0 aliphatic carbocycles. The maximum Gasteiger partial charge on any atom is 0.269 e. The van der Waals surface area contributed by atoms with Crippen molar-refractivity contribution in [3.05, 3.63) is 70.4 Å². The summed E-state index contributed by atoms with van der Waals surface area (Å²) in [5.74, 6) is 0.317. The molecular weight excluding hydrogens is 446 g/mol. The van der Waals surface area contributed by atoms with Crippen molar-refractivity contribution in [3.8, 4) is 0 Å². The minimum Gasteiger partial charge on any atom is -0.302 e. The average Bonchev–Trinajstić information content (AvgIpc) is 3.19. The minimum atomic E-state index is -3.87. The molecule has 0 spiro atoms. The number of anilines is 1. The second-order valence-electron chi connectivity index (χ2n) is 6.20. The lowest BCUT2D eigenvalue weighted by Crippen LogP contribution is -2.11. The average molecular weight is 464 g/mol. The highest BCUT2D eigenvalue weighted by molar-refractivity contribution is 7.99. The summed E-state index contributed by atoms with van der Waals surface area (Å²) in [6, 6.07) is 12.6. The van der Waals surface area contributed by atoms with E-state index >= 15 is 0 Å². The van der Waals surface area contributed by atoms with Crippen LogP contribution in [0.3, 0.4) is 0 Å². The number of carbonyl (C=O) groups is 1. The standard InChI is InChI=1S/C19H17N3O5S3/c1-13-2-6-15(7-3-13)28-11-10-17(23)21-19-20-12-18(29-19)30(26,27)16-8-4-14(5-9-16)22(24)25/h2-9,12H,10-11H2,1H3,(H,20,21,23). The zero-order chi connectivity index (χ0) is 21.7. The Bertz CT molecular complexity index is 1160. The number of nitrogens with one attached hydrogen (secondary N) is 1. The van der Waals surface area contributed by atoms with Crippen LogP contribution < -0.4 is 5.32 Å². The molecule has 0 radical (unpaired) electrons. The topological polar surface area (TPSA) is 119 Å². The number of hydrogen-bond acceptors (Lipinski definition) is 8. The summed E-state index contributed by atoms with van der Waals surface area (Å²) in [5, 5.41) is 13.5. The third-order valence-electron chi connectivity index (χ3n) is 3.97. The van der Waals surface area contributed by atoms with Gasteiger partial charge in [0.05, 0.1) is 16.0 Å². The van der Waals surface area contributed by atoms with Crippen LogP contribution in [0.2, 0.25) is 0 Å². The number of hydrogen-bond donors (Lipinski definition) is 1. The number of aryl methyl sites for hydroxylation is 1. The van der Waals surface area contributed by atoms with E-state index in [-0.39, 0.29) is 32.3 Å². The lowest BCUT2D eigenvalue weighted by atomic mass is 10.2. The second-order valence-corrected chi connectivity index (χ2v) is 10.6. The SMILES string of the molecule is Cc1ccc(SCCC(=O)Nc2ncc(S(=O)(=O)c3ccc([N+](=O)[O-])cc3)s2)cc1. The first kappa shape index (κ1) is 21.9. The quantitative estimate of drug-likeness (QED) is 0.300. The van der Waals surface area contributed by atoms with Crippen molar-refractivity contribution in [3.63, 3.8) is 0 Å². The molecule has 1 N–H and O–H groups in total. The van der Waals surface area contributed by atoms with Crippen LogP contribution in [0.5, 0.6) is 0 Å². The number of thiazole rings is 1. The Labute approximate surface area is 181 Å². The molecular formula is C19H17N3O5S3. The molecule has 3 rings (SSSR count). The normalized spacial score (nSPS) is 11.2. The number of nitro benzene ring substituents is 1. The Kier molecular flexibility index (Phi) is 6.85. The number of nitro groups is 1. The van der Waals surface area contributed by atoms with E-state index in [0.29, 0.717) is 5.75 Å². The number of benzene rings is 2. The number of aromatic nitrogens is 1. The molecule has 11 heteroatoms. The molecule has 3 aromatic rings. The molecule has 0 saturated heterocycles. The van der Waals surface area contributed by atoms with Gasteiger partial charge in [-0.2, -0.15) is 0 Å². The van der Waals surface area contributed by atoms with Crippen LogP contribution in [0.15, 0.2) is 68.7 Å². The number of sulfone groups is 1. The van der Waals surface area contributed by atoms with Crippen molar-refractivity contribution in [1.29, 1.82) is 0 Å². The van der Waals surface area contributed by atoms with Gasteiger partial charge >= 0.3 is 0 Å². The van der Waals surface area contributed by atoms with Gasteiger partial charge in [-0.25, -0.2) is 13.4 Å². The second kappa shape index (κ2) is 9.37. The fraction of sp³-hybridized carbons (Fsp3) is 0.158. The predicted octanol–water partition coefficient (Wildman–Crippen LogP) is 4.31. The fourth-order valence-corrected chi connectivity index (χ4v) is 5.68. The molecule has 1 heterocycles. The molecule has 2 aromatic carbocycles. The van der Waals surface area contributed by atoms with Crippen molar-refractivity contribution in [2.24, 2.45) is 0 Å². The molecule has 1 aromatic heterocycles. The third-order valence-corrected chi connectivity index (χ3v) is 8.13. The van der Waals surface area contributed by atoms with Crippen molar-refractivity contribution in [1.82, 2.24) is 4.98 Å². The van der Waals surface area contributed by atoms with Gasteiger partial charge in [0.1, 0.15) is 4.21 Å². The lowest BCUT2D eigenvalue weighted by molar-refractivity contribution is -0.384. The van der Waals surface area contributed by atoms with E-state index in [1.165, 1.54) is 17.7 Å². The summed E-state index contributed by atoms with van der Waals surface area (Å²) >= 11 is 2.39. The Balaban J connectivity index is 1.58. The van der Waals surface area contributed by atoms with Crippen LogP contribution in [-0.4, -0.2) is 30.0 Å². The van der Waals surface area contributed by atoms with Crippen molar-refractivity contribution in [2.45, 2.75) is 27.3 Å². The van der Waals surface area contributed by atoms with Gasteiger partial charge in [0.25, 0.3) is 5.69 Å². The third kappa shape index (κ3) is 5.43.